The normalized spacial score (nSPS) is 15.7. The van der Waals surface area contributed by atoms with Crippen molar-refractivity contribution in [3.63, 3.8) is 0 Å². The number of amides is 1. The molecule has 0 saturated carbocycles. The molecule has 120 valence electrons. The van der Waals surface area contributed by atoms with Gasteiger partial charge in [0, 0.05) is 10.2 Å². The first-order valence-corrected chi connectivity index (χ1v) is 9.43. The van der Waals surface area contributed by atoms with Crippen LogP contribution in [0.5, 0.6) is 0 Å². The van der Waals surface area contributed by atoms with E-state index in [0.29, 0.717) is 5.75 Å². The van der Waals surface area contributed by atoms with Crippen molar-refractivity contribution < 1.29 is 9.69 Å². The number of carbonyl (C=O) groups excluding carboxylic acids is 1. The standard InChI is InChI=1S/C15H20BrN3OS2/c1-11-9-12(3-4-13(11)16)17-14(20)10-22-15(21)19-7-5-18(2)6-8-19/h3-4,9H,5-8,10H2,1-2H3,(H,17,20)/p+1. The van der Waals surface area contributed by atoms with Crippen molar-refractivity contribution in [2.45, 2.75) is 6.92 Å². The summed E-state index contributed by atoms with van der Waals surface area (Å²) >= 11 is 10.3. The average Bonchev–Trinajstić information content (AvgIpc) is 2.49. The number of benzene rings is 1. The van der Waals surface area contributed by atoms with Gasteiger partial charge in [0.25, 0.3) is 0 Å². The van der Waals surface area contributed by atoms with Crippen molar-refractivity contribution in [3.05, 3.63) is 28.2 Å². The van der Waals surface area contributed by atoms with Gasteiger partial charge in [-0.15, -0.1) is 0 Å². The lowest BCUT2D eigenvalue weighted by molar-refractivity contribution is -0.883. The molecule has 1 heterocycles. The minimum atomic E-state index is -0.0196. The van der Waals surface area contributed by atoms with Crippen LogP contribution >= 0.6 is 39.9 Å². The second-order valence-electron chi connectivity index (χ2n) is 5.51. The van der Waals surface area contributed by atoms with Gasteiger partial charge < -0.3 is 15.1 Å². The van der Waals surface area contributed by atoms with Crippen LogP contribution in [0.3, 0.4) is 0 Å². The van der Waals surface area contributed by atoms with E-state index in [1.165, 1.54) is 16.7 Å². The zero-order valence-corrected chi connectivity index (χ0v) is 16.0. The lowest BCUT2D eigenvalue weighted by Crippen LogP contribution is -3.12. The Balaban J connectivity index is 1.77. The molecule has 2 rings (SSSR count). The van der Waals surface area contributed by atoms with Crippen LogP contribution in [0, 0.1) is 6.92 Å². The average molecular weight is 403 g/mol. The number of rotatable bonds is 3. The van der Waals surface area contributed by atoms with E-state index in [1.807, 2.05) is 25.1 Å². The molecule has 1 aliphatic rings. The number of aryl methyl sites for hydroxylation is 1. The van der Waals surface area contributed by atoms with Gasteiger partial charge in [-0.3, -0.25) is 4.79 Å². The fourth-order valence-electron chi connectivity index (χ4n) is 2.21. The summed E-state index contributed by atoms with van der Waals surface area (Å²) in [5.41, 5.74) is 1.92. The van der Waals surface area contributed by atoms with Crippen LogP contribution in [0.2, 0.25) is 0 Å². The number of nitrogens with one attached hydrogen (secondary N) is 2. The second kappa shape index (κ2) is 8.29. The van der Waals surface area contributed by atoms with Gasteiger partial charge in [0.2, 0.25) is 5.91 Å². The van der Waals surface area contributed by atoms with E-state index in [4.69, 9.17) is 12.2 Å². The van der Waals surface area contributed by atoms with E-state index in [1.54, 1.807) is 0 Å². The third-order valence-electron chi connectivity index (χ3n) is 3.64. The SMILES string of the molecule is Cc1cc(NC(=O)CSC(=S)N2CC[NH+](C)CC2)ccc1Br. The lowest BCUT2D eigenvalue weighted by Gasteiger charge is -2.31. The Morgan fingerprint density at radius 3 is 2.77 bits per heavy atom. The second-order valence-corrected chi connectivity index (χ2v) is 7.97. The Labute approximate surface area is 149 Å². The van der Waals surface area contributed by atoms with Crippen molar-refractivity contribution in [2.75, 3.05) is 44.3 Å². The highest BCUT2D eigenvalue weighted by Crippen LogP contribution is 2.20. The highest BCUT2D eigenvalue weighted by Gasteiger charge is 2.19. The number of thioether (sulfide) groups is 1. The summed E-state index contributed by atoms with van der Waals surface area (Å²) in [7, 11) is 2.20. The minimum Gasteiger partial charge on any atom is -0.346 e. The first-order valence-electron chi connectivity index (χ1n) is 7.24. The molecule has 0 spiro atoms. The first-order chi connectivity index (χ1) is 10.5. The molecule has 4 nitrogen and oxygen atoms in total. The molecule has 0 atom stereocenters. The van der Waals surface area contributed by atoms with E-state index >= 15 is 0 Å². The molecule has 0 radical (unpaired) electrons. The molecule has 0 unspecified atom stereocenters. The molecule has 0 aliphatic carbocycles. The van der Waals surface area contributed by atoms with Crippen LogP contribution in [0.4, 0.5) is 5.69 Å². The summed E-state index contributed by atoms with van der Waals surface area (Å²) in [6.45, 7) is 6.16. The van der Waals surface area contributed by atoms with Crippen molar-refractivity contribution >= 4 is 55.8 Å². The molecular weight excluding hydrogens is 382 g/mol. The molecule has 0 aromatic heterocycles. The quantitative estimate of drug-likeness (QED) is 0.751. The number of nitrogens with zero attached hydrogens (tertiary/aromatic N) is 1. The fraction of sp³-hybridized carbons (Fsp3) is 0.467. The van der Waals surface area contributed by atoms with Gasteiger partial charge >= 0.3 is 0 Å². The summed E-state index contributed by atoms with van der Waals surface area (Å²) < 4.78 is 1.87. The monoisotopic (exact) mass is 402 g/mol. The number of thiocarbonyl (C=S) groups is 1. The van der Waals surface area contributed by atoms with Crippen molar-refractivity contribution in [1.82, 2.24) is 4.90 Å². The number of halogens is 1. The van der Waals surface area contributed by atoms with Crippen LogP contribution in [0.1, 0.15) is 5.56 Å². The zero-order valence-electron chi connectivity index (χ0n) is 12.8. The number of hydrogen-bond acceptors (Lipinski definition) is 3. The number of likely N-dealkylation sites (N-methyl/N-ethyl adjacent to an activating group) is 1. The zero-order chi connectivity index (χ0) is 16.1. The molecule has 0 bridgehead atoms. The third kappa shape index (κ3) is 5.22. The minimum absolute atomic E-state index is 0.0196. The van der Waals surface area contributed by atoms with Crippen molar-refractivity contribution in [3.8, 4) is 0 Å². The Morgan fingerprint density at radius 2 is 2.14 bits per heavy atom. The number of hydrogen-bond donors (Lipinski definition) is 2. The maximum atomic E-state index is 12.0. The van der Waals surface area contributed by atoms with Gasteiger partial charge in [0.15, 0.2) is 0 Å². The predicted octanol–water partition coefficient (Wildman–Crippen LogP) is 1.54. The Bertz CT molecular complexity index is 560. The fourth-order valence-corrected chi connectivity index (χ4v) is 3.51. The number of piperazine rings is 1. The number of carbonyl (C=O) groups is 1. The van der Waals surface area contributed by atoms with Gasteiger partial charge in [-0.2, -0.15) is 0 Å². The molecule has 1 aliphatic heterocycles. The highest BCUT2D eigenvalue weighted by molar-refractivity contribution is 9.10. The lowest BCUT2D eigenvalue weighted by atomic mass is 10.2. The van der Waals surface area contributed by atoms with Crippen LogP contribution in [0.15, 0.2) is 22.7 Å². The summed E-state index contributed by atoms with van der Waals surface area (Å²) in [5.74, 6) is 0.335. The van der Waals surface area contributed by atoms with Crippen molar-refractivity contribution in [1.29, 1.82) is 0 Å². The van der Waals surface area contributed by atoms with Crippen molar-refractivity contribution in [2.24, 2.45) is 0 Å². The molecule has 1 fully saturated rings. The Morgan fingerprint density at radius 1 is 1.45 bits per heavy atom. The topological polar surface area (TPSA) is 36.8 Å². The molecule has 1 aromatic carbocycles. The van der Waals surface area contributed by atoms with Gasteiger partial charge in [-0.25, -0.2) is 0 Å². The largest absolute Gasteiger partial charge is 0.346 e. The van der Waals surface area contributed by atoms with Crippen LogP contribution in [-0.4, -0.2) is 54.1 Å². The van der Waals surface area contributed by atoms with Gasteiger partial charge in [0.05, 0.1) is 39.0 Å². The molecule has 22 heavy (non-hydrogen) atoms. The molecule has 1 saturated heterocycles. The van der Waals surface area contributed by atoms with E-state index in [0.717, 1.165) is 46.2 Å². The smallest absolute Gasteiger partial charge is 0.234 e. The molecule has 1 aromatic rings. The molecule has 1 amide bonds. The number of anilines is 1. The van der Waals surface area contributed by atoms with E-state index in [2.05, 4.69) is 33.2 Å². The van der Waals surface area contributed by atoms with Gasteiger partial charge in [-0.05, 0) is 30.7 Å². The highest BCUT2D eigenvalue weighted by atomic mass is 79.9. The summed E-state index contributed by atoms with van der Waals surface area (Å²) in [6.07, 6.45) is 0. The molecule has 7 heteroatoms. The number of quaternary nitrogens is 1. The summed E-state index contributed by atoms with van der Waals surface area (Å²) in [4.78, 5) is 15.8. The Hall–Kier alpha value is -0.630. The molecule has 2 N–H and O–H groups in total. The van der Waals surface area contributed by atoms with E-state index in [9.17, 15) is 4.79 Å². The maximum Gasteiger partial charge on any atom is 0.234 e. The third-order valence-corrected chi connectivity index (χ3v) is 6.06. The van der Waals surface area contributed by atoms with Crippen LogP contribution in [0.25, 0.3) is 0 Å². The van der Waals surface area contributed by atoms with E-state index < -0.39 is 0 Å². The summed E-state index contributed by atoms with van der Waals surface area (Å²) in [6, 6.07) is 5.78. The molecular formula is C15H21BrN3OS2+. The summed E-state index contributed by atoms with van der Waals surface area (Å²) in [5, 5.41) is 2.91. The van der Waals surface area contributed by atoms with E-state index in [-0.39, 0.29) is 5.91 Å². The van der Waals surface area contributed by atoms with Gasteiger partial charge in [0.1, 0.15) is 4.32 Å². The maximum absolute atomic E-state index is 12.0. The predicted molar refractivity (Wildman–Crippen MR) is 101 cm³/mol. The van der Waals surface area contributed by atoms with Crippen LogP contribution in [-0.2, 0) is 4.79 Å². The Kier molecular flexibility index (Phi) is 6.67. The van der Waals surface area contributed by atoms with Crippen LogP contribution < -0.4 is 10.2 Å². The van der Waals surface area contributed by atoms with Gasteiger partial charge in [-0.1, -0.05) is 39.9 Å². The first kappa shape index (κ1) is 17.7.